The van der Waals surface area contributed by atoms with Gasteiger partial charge in [0.05, 0.1) is 25.0 Å². The van der Waals surface area contributed by atoms with Gasteiger partial charge in [-0.2, -0.15) is 5.10 Å². The van der Waals surface area contributed by atoms with Crippen molar-refractivity contribution in [3.8, 4) is 0 Å². The summed E-state index contributed by atoms with van der Waals surface area (Å²) in [5.74, 6) is -0.210. The van der Waals surface area contributed by atoms with Crippen LogP contribution in [0.1, 0.15) is 11.1 Å². The van der Waals surface area contributed by atoms with Crippen molar-refractivity contribution >= 4 is 28.7 Å². The standard InChI is InChI=1S/C23H22FN5O2S/c1-16-2-4-17(5-3-16)13-28-15-26-22-20(23(28)31)12-27-29(22)11-10-25-21(30)14-32-19-8-6-18(24)7-9-19/h2-9,12,15H,10-11,13-14H2,1H3,(H,25,30). The van der Waals surface area contributed by atoms with Crippen molar-refractivity contribution in [1.29, 1.82) is 0 Å². The molecule has 9 heteroatoms. The fourth-order valence-electron chi connectivity index (χ4n) is 3.20. The van der Waals surface area contributed by atoms with Crippen LogP contribution in [0.5, 0.6) is 0 Å². The molecular formula is C23H22FN5O2S. The van der Waals surface area contributed by atoms with Crippen LogP contribution < -0.4 is 10.9 Å². The van der Waals surface area contributed by atoms with E-state index in [-0.39, 0.29) is 23.0 Å². The van der Waals surface area contributed by atoms with Crippen LogP contribution in [0.2, 0.25) is 0 Å². The Kier molecular flexibility index (Phi) is 6.65. The highest BCUT2D eigenvalue weighted by atomic mass is 32.2. The monoisotopic (exact) mass is 451 g/mol. The number of aryl methyl sites for hydroxylation is 1. The van der Waals surface area contributed by atoms with Crippen molar-refractivity contribution in [1.82, 2.24) is 24.6 Å². The number of rotatable bonds is 8. The van der Waals surface area contributed by atoms with Gasteiger partial charge < -0.3 is 5.32 Å². The van der Waals surface area contributed by atoms with Gasteiger partial charge in [-0.1, -0.05) is 29.8 Å². The Morgan fingerprint density at radius 1 is 1.12 bits per heavy atom. The molecule has 2 aromatic heterocycles. The highest BCUT2D eigenvalue weighted by Crippen LogP contribution is 2.17. The summed E-state index contributed by atoms with van der Waals surface area (Å²) in [6.45, 7) is 3.21. The largest absolute Gasteiger partial charge is 0.354 e. The molecule has 0 radical (unpaired) electrons. The molecule has 0 aliphatic carbocycles. The van der Waals surface area contributed by atoms with Crippen molar-refractivity contribution in [3.63, 3.8) is 0 Å². The fraction of sp³-hybridized carbons (Fsp3) is 0.217. The van der Waals surface area contributed by atoms with E-state index in [1.165, 1.54) is 36.4 Å². The third-order valence-electron chi connectivity index (χ3n) is 4.93. The Bertz CT molecular complexity index is 1280. The number of thioether (sulfide) groups is 1. The number of nitrogens with one attached hydrogen (secondary N) is 1. The first kappa shape index (κ1) is 21.8. The molecule has 32 heavy (non-hydrogen) atoms. The molecule has 1 amide bonds. The predicted octanol–water partition coefficient (Wildman–Crippen LogP) is 3.00. The molecule has 164 valence electrons. The van der Waals surface area contributed by atoms with Gasteiger partial charge in [0.25, 0.3) is 5.56 Å². The number of benzene rings is 2. The fourth-order valence-corrected chi connectivity index (χ4v) is 3.92. The van der Waals surface area contributed by atoms with Crippen molar-refractivity contribution in [2.45, 2.75) is 24.9 Å². The average molecular weight is 452 g/mol. The first-order valence-corrected chi connectivity index (χ1v) is 11.1. The van der Waals surface area contributed by atoms with Crippen LogP contribution in [-0.2, 0) is 17.9 Å². The van der Waals surface area contributed by atoms with Gasteiger partial charge in [-0.25, -0.2) is 14.1 Å². The van der Waals surface area contributed by atoms with Crippen LogP contribution in [0.25, 0.3) is 11.0 Å². The third kappa shape index (κ3) is 5.23. The van der Waals surface area contributed by atoms with Crippen LogP contribution in [0.4, 0.5) is 4.39 Å². The van der Waals surface area contributed by atoms with Crippen molar-refractivity contribution < 1.29 is 9.18 Å². The molecule has 0 fully saturated rings. The van der Waals surface area contributed by atoms with E-state index in [1.807, 2.05) is 31.2 Å². The molecule has 0 saturated carbocycles. The van der Waals surface area contributed by atoms with E-state index < -0.39 is 0 Å². The number of carbonyl (C=O) groups is 1. The maximum absolute atomic E-state index is 12.9. The van der Waals surface area contributed by atoms with Crippen molar-refractivity contribution in [3.05, 3.63) is 88.4 Å². The quantitative estimate of drug-likeness (QED) is 0.417. The van der Waals surface area contributed by atoms with Gasteiger partial charge in [0, 0.05) is 11.4 Å². The van der Waals surface area contributed by atoms with E-state index in [4.69, 9.17) is 0 Å². The Morgan fingerprint density at radius 2 is 1.88 bits per heavy atom. The summed E-state index contributed by atoms with van der Waals surface area (Å²) in [6, 6.07) is 14.0. The van der Waals surface area contributed by atoms with Crippen molar-refractivity contribution in [2.24, 2.45) is 0 Å². The molecule has 2 heterocycles. The van der Waals surface area contributed by atoms with Crippen LogP contribution in [0.3, 0.4) is 0 Å². The van der Waals surface area contributed by atoms with Crippen molar-refractivity contribution in [2.75, 3.05) is 12.3 Å². The maximum atomic E-state index is 12.9. The number of carbonyl (C=O) groups excluding carboxylic acids is 1. The van der Waals surface area contributed by atoms with Crippen LogP contribution in [-0.4, -0.2) is 37.5 Å². The van der Waals surface area contributed by atoms with Crippen LogP contribution >= 0.6 is 11.8 Å². The minimum atomic E-state index is -0.305. The Hall–Kier alpha value is -3.46. The number of halogens is 1. The topological polar surface area (TPSA) is 81.8 Å². The second kappa shape index (κ2) is 9.78. The van der Waals surface area contributed by atoms with Gasteiger partial charge in [-0.3, -0.25) is 14.2 Å². The zero-order valence-electron chi connectivity index (χ0n) is 17.5. The maximum Gasteiger partial charge on any atom is 0.264 e. The molecule has 0 aliphatic rings. The zero-order chi connectivity index (χ0) is 22.5. The lowest BCUT2D eigenvalue weighted by molar-refractivity contribution is -0.118. The number of nitrogens with zero attached hydrogens (tertiary/aromatic N) is 4. The molecular weight excluding hydrogens is 429 g/mol. The summed E-state index contributed by atoms with van der Waals surface area (Å²) in [7, 11) is 0. The Labute approximate surface area is 188 Å². The lowest BCUT2D eigenvalue weighted by atomic mass is 10.1. The van der Waals surface area contributed by atoms with E-state index in [1.54, 1.807) is 21.4 Å². The molecule has 4 rings (SSSR count). The zero-order valence-corrected chi connectivity index (χ0v) is 18.3. The summed E-state index contributed by atoms with van der Waals surface area (Å²) in [5, 5.41) is 7.53. The molecule has 2 aromatic carbocycles. The molecule has 1 N–H and O–H groups in total. The predicted molar refractivity (Wildman–Crippen MR) is 122 cm³/mol. The van der Waals surface area contributed by atoms with E-state index >= 15 is 0 Å². The second-order valence-electron chi connectivity index (χ2n) is 7.36. The molecule has 0 saturated heterocycles. The lowest BCUT2D eigenvalue weighted by Gasteiger charge is -2.08. The first-order chi connectivity index (χ1) is 15.5. The lowest BCUT2D eigenvalue weighted by Crippen LogP contribution is -2.29. The van der Waals surface area contributed by atoms with Gasteiger partial charge in [-0.15, -0.1) is 11.8 Å². The minimum Gasteiger partial charge on any atom is -0.354 e. The average Bonchev–Trinajstić information content (AvgIpc) is 3.20. The summed E-state index contributed by atoms with van der Waals surface area (Å²) < 4.78 is 16.1. The van der Waals surface area contributed by atoms with Gasteiger partial charge in [-0.05, 0) is 36.8 Å². The Balaban J connectivity index is 1.34. The molecule has 0 atom stereocenters. The minimum absolute atomic E-state index is 0.135. The number of aromatic nitrogens is 4. The molecule has 0 unspecified atom stereocenters. The van der Waals surface area contributed by atoms with Gasteiger partial charge >= 0.3 is 0 Å². The number of hydrogen-bond acceptors (Lipinski definition) is 5. The van der Waals surface area contributed by atoms with Crippen LogP contribution in [0.15, 0.2) is 70.7 Å². The number of fused-ring (bicyclic) bond motifs is 1. The molecule has 0 aliphatic heterocycles. The number of hydrogen-bond donors (Lipinski definition) is 1. The normalized spacial score (nSPS) is 11.1. The molecule has 0 spiro atoms. The molecule has 0 bridgehead atoms. The second-order valence-corrected chi connectivity index (χ2v) is 8.41. The third-order valence-corrected chi connectivity index (χ3v) is 5.94. The summed E-state index contributed by atoms with van der Waals surface area (Å²) >= 11 is 1.34. The molecule has 4 aromatic rings. The van der Waals surface area contributed by atoms with Gasteiger partial charge in [0.1, 0.15) is 17.5 Å². The Morgan fingerprint density at radius 3 is 2.62 bits per heavy atom. The summed E-state index contributed by atoms with van der Waals surface area (Å²) in [6.07, 6.45) is 3.04. The smallest absolute Gasteiger partial charge is 0.264 e. The number of amides is 1. The van der Waals surface area contributed by atoms with Crippen LogP contribution in [0, 0.1) is 12.7 Å². The van der Waals surface area contributed by atoms with Gasteiger partial charge in [0.15, 0.2) is 5.65 Å². The first-order valence-electron chi connectivity index (χ1n) is 10.1. The van der Waals surface area contributed by atoms with E-state index in [2.05, 4.69) is 15.4 Å². The van der Waals surface area contributed by atoms with Gasteiger partial charge in [0.2, 0.25) is 5.91 Å². The van der Waals surface area contributed by atoms with E-state index in [0.29, 0.717) is 30.7 Å². The van der Waals surface area contributed by atoms with E-state index in [9.17, 15) is 14.0 Å². The SMILES string of the molecule is Cc1ccc(Cn2cnc3c(cnn3CCNC(=O)CSc3ccc(F)cc3)c2=O)cc1. The highest BCUT2D eigenvalue weighted by Gasteiger charge is 2.11. The molecule has 7 nitrogen and oxygen atoms in total. The summed E-state index contributed by atoms with van der Waals surface area (Å²) in [4.78, 5) is 30.1. The van der Waals surface area contributed by atoms with E-state index in [0.717, 1.165) is 16.0 Å². The summed E-state index contributed by atoms with van der Waals surface area (Å²) in [5.41, 5.74) is 2.52. The highest BCUT2D eigenvalue weighted by molar-refractivity contribution is 8.00.